The van der Waals surface area contributed by atoms with Gasteiger partial charge in [-0.05, 0) is 13.3 Å². The maximum atomic E-state index is 5.48. The topological polar surface area (TPSA) is 86.0 Å². The van der Waals surface area contributed by atoms with E-state index in [2.05, 4.69) is 20.3 Å². The van der Waals surface area contributed by atoms with Crippen molar-refractivity contribution in [1.82, 2.24) is 15.0 Å². The lowest BCUT2D eigenvalue weighted by Crippen LogP contribution is -2.09. The Labute approximate surface area is 82.9 Å². The van der Waals surface area contributed by atoms with Crippen LogP contribution in [0.2, 0.25) is 0 Å². The predicted molar refractivity (Wildman–Crippen MR) is 54.2 cm³/mol. The summed E-state index contributed by atoms with van der Waals surface area (Å²) in [5, 5.41) is 2.94. The molecule has 0 aliphatic heterocycles. The fourth-order valence-corrected chi connectivity index (χ4v) is 0.867. The Balaban J connectivity index is 2.73. The molecule has 1 heterocycles. The number of nitrogen functional groups attached to an aromatic ring is 1. The highest BCUT2D eigenvalue weighted by Gasteiger charge is 2.03. The van der Waals surface area contributed by atoms with Crippen molar-refractivity contribution < 1.29 is 4.74 Å². The molecule has 14 heavy (non-hydrogen) atoms. The zero-order chi connectivity index (χ0) is 10.4. The highest BCUT2D eigenvalue weighted by molar-refractivity contribution is 5.32. The third-order valence-corrected chi connectivity index (χ3v) is 1.40. The highest BCUT2D eigenvalue weighted by atomic mass is 16.5. The summed E-state index contributed by atoms with van der Waals surface area (Å²) < 4.78 is 5.24. The molecule has 0 saturated carbocycles. The van der Waals surface area contributed by atoms with Crippen molar-refractivity contribution in [2.75, 3.05) is 24.2 Å². The molecule has 0 spiro atoms. The van der Waals surface area contributed by atoms with Gasteiger partial charge in [-0.25, -0.2) is 0 Å². The van der Waals surface area contributed by atoms with Crippen LogP contribution >= 0.6 is 0 Å². The molecular weight excluding hydrogens is 182 g/mol. The zero-order valence-electron chi connectivity index (χ0n) is 8.45. The number of nitrogens with zero attached hydrogens (tertiary/aromatic N) is 3. The third-order valence-electron chi connectivity index (χ3n) is 1.40. The van der Waals surface area contributed by atoms with Gasteiger partial charge in [-0.3, -0.25) is 0 Å². The Kier molecular flexibility index (Phi) is 3.90. The van der Waals surface area contributed by atoms with Crippen molar-refractivity contribution in [3.05, 3.63) is 0 Å². The van der Waals surface area contributed by atoms with E-state index in [1.54, 1.807) is 0 Å². The first-order chi connectivity index (χ1) is 6.76. The molecule has 1 aromatic heterocycles. The lowest BCUT2D eigenvalue weighted by atomic mass is 10.5. The Hall–Kier alpha value is -1.59. The Morgan fingerprint density at radius 3 is 2.71 bits per heavy atom. The number of aromatic nitrogens is 3. The molecular formula is C8H15N5O. The third kappa shape index (κ3) is 3.04. The van der Waals surface area contributed by atoms with Crippen LogP contribution in [0.1, 0.15) is 20.3 Å². The van der Waals surface area contributed by atoms with E-state index < -0.39 is 0 Å². The number of ether oxygens (including phenoxy) is 1. The molecule has 0 bridgehead atoms. The molecule has 0 aromatic carbocycles. The Bertz CT molecular complexity index is 291. The van der Waals surface area contributed by atoms with Crippen LogP contribution < -0.4 is 15.8 Å². The molecule has 0 aliphatic carbocycles. The van der Waals surface area contributed by atoms with Gasteiger partial charge >= 0.3 is 6.01 Å². The van der Waals surface area contributed by atoms with Gasteiger partial charge < -0.3 is 15.8 Å². The maximum Gasteiger partial charge on any atom is 0.323 e. The molecule has 1 rings (SSSR count). The molecule has 78 valence electrons. The minimum absolute atomic E-state index is 0.169. The summed E-state index contributed by atoms with van der Waals surface area (Å²) >= 11 is 0. The van der Waals surface area contributed by atoms with Crippen molar-refractivity contribution in [2.45, 2.75) is 20.3 Å². The van der Waals surface area contributed by atoms with E-state index in [0.29, 0.717) is 12.6 Å². The van der Waals surface area contributed by atoms with Crippen LogP contribution in [-0.4, -0.2) is 28.1 Å². The van der Waals surface area contributed by atoms with E-state index in [4.69, 9.17) is 10.5 Å². The van der Waals surface area contributed by atoms with Gasteiger partial charge in [0, 0.05) is 6.54 Å². The average Bonchev–Trinajstić information content (AvgIpc) is 2.14. The average molecular weight is 197 g/mol. The van der Waals surface area contributed by atoms with Crippen LogP contribution in [0.5, 0.6) is 6.01 Å². The van der Waals surface area contributed by atoms with Crippen molar-refractivity contribution in [3.63, 3.8) is 0 Å². The first-order valence-corrected chi connectivity index (χ1v) is 4.64. The normalized spacial score (nSPS) is 9.86. The van der Waals surface area contributed by atoms with Gasteiger partial charge in [-0.15, -0.1) is 0 Å². The van der Waals surface area contributed by atoms with Crippen LogP contribution in [0.15, 0.2) is 0 Å². The highest BCUT2D eigenvalue weighted by Crippen LogP contribution is 2.08. The second-order valence-electron chi connectivity index (χ2n) is 2.68. The number of hydrogen-bond donors (Lipinski definition) is 2. The first-order valence-electron chi connectivity index (χ1n) is 4.64. The molecule has 3 N–H and O–H groups in total. The first kappa shape index (κ1) is 10.5. The van der Waals surface area contributed by atoms with Gasteiger partial charge in [0.15, 0.2) is 0 Å². The van der Waals surface area contributed by atoms with Crippen molar-refractivity contribution in [1.29, 1.82) is 0 Å². The summed E-state index contributed by atoms with van der Waals surface area (Å²) in [6.45, 7) is 5.27. The number of hydrogen-bond acceptors (Lipinski definition) is 6. The van der Waals surface area contributed by atoms with Crippen molar-refractivity contribution >= 4 is 11.9 Å². The number of anilines is 2. The largest absolute Gasteiger partial charge is 0.463 e. The fraction of sp³-hybridized carbons (Fsp3) is 0.625. The summed E-state index contributed by atoms with van der Waals surface area (Å²) in [4.78, 5) is 11.8. The van der Waals surface area contributed by atoms with E-state index in [0.717, 1.165) is 13.0 Å². The minimum atomic E-state index is 0.169. The Morgan fingerprint density at radius 2 is 2.07 bits per heavy atom. The van der Waals surface area contributed by atoms with Crippen LogP contribution in [0.4, 0.5) is 11.9 Å². The number of nitrogens with one attached hydrogen (secondary N) is 1. The molecule has 1 aromatic rings. The second kappa shape index (κ2) is 5.21. The van der Waals surface area contributed by atoms with E-state index in [1.807, 2.05) is 13.8 Å². The number of rotatable bonds is 5. The van der Waals surface area contributed by atoms with Gasteiger partial charge in [0.05, 0.1) is 6.61 Å². The zero-order valence-corrected chi connectivity index (χ0v) is 8.45. The fourth-order valence-electron chi connectivity index (χ4n) is 0.867. The molecule has 6 heteroatoms. The molecule has 0 radical (unpaired) electrons. The molecule has 0 amide bonds. The van der Waals surface area contributed by atoms with Crippen LogP contribution in [0.3, 0.4) is 0 Å². The second-order valence-corrected chi connectivity index (χ2v) is 2.68. The SMILES string of the molecule is CCCOc1nc(N)nc(NCC)n1. The summed E-state index contributed by atoms with van der Waals surface area (Å²) in [6, 6.07) is 0.273. The molecule has 6 nitrogen and oxygen atoms in total. The van der Waals surface area contributed by atoms with E-state index in [9.17, 15) is 0 Å². The number of nitrogens with two attached hydrogens (primary N) is 1. The van der Waals surface area contributed by atoms with Gasteiger partial charge in [-0.1, -0.05) is 6.92 Å². The van der Waals surface area contributed by atoms with Crippen molar-refractivity contribution in [2.24, 2.45) is 0 Å². The summed E-state index contributed by atoms with van der Waals surface area (Å²) in [5.41, 5.74) is 5.48. The molecule has 0 unspecified atom stereocenters. The van der Waals surface area contributed by atoms with Gasteiger partial charge in [-0.2, -0.15) is 15.0 Å². The van der Waals surface area contributed by atoms with Crippen LogP contribution in [0.25, 0.3) is 0 Å². The van der Waals surface area contributed by atoms with Crippen LogP contribution in [0, 0.1) is 0 Å². The molecule has 0 saturated heterocycles. The summed E-state index contributed by atoms with van der Waals surface area (Å²) in [5.74, 6) is 0.619. The van der Waals surface area contributed by atoms with Crippen LogP contribution in [-0.2, 0) is 0 Å². The van der Waals surface area contributed by atoms with E-state index in [-0.39, 0.29) is 12.0 Å². The van der Waals surface area contributed by atoms with Gasteiger partial charge in [0.2, 0.25) is 11.9 Å². The quantitative estimate of drug-likeness (QED) is 0.721. The summed E-state index contributed by atoms with van der Waals surface area (Å²) in [6.07, 6.45) is 0.905. The van der Waals surface area contributed by atoms with Gasteiger partial charge in [0.25, 0.3) is 0 Å². The molecule has 0 aliphatic rings. The Morgan fingerprint density at radius 1 is 1.29 bits per heavy atom. The lowest BCUT2D eigenvalue weighted by molar-refractivity contribution is 0.292. The van der Waals surface area contributed by atoms with E-state index >= 15 is 0 Å². The smallest absolute Gasteiger partial charge is 0.323 e. The van der Waals surface area contributed by atoms with E-state index in [1.165, 1.54) is 0 Å². The lowest BCUT2D eigenvalue weighted by Gasteiger charge is -2.05. The van der Waals surface area contributed by atoms with Crippen molar-refractivity contribution in [3.8, 4) is 6.01 Å². The summed E-state index contributed by atoms with van der Waals surface area (Å²) in [7, 11) is 0. The molecule has 0 atom stereocenters. The standard InChI is InChI=1S/C8H15N5O/c1-3-5-14-8-12-6(9)11-7(13-8)10-4-2/h3-5H2,1-2H3,(H3,9,10,11,12,13). The molecule has 0 fully saturated rings. The predicted octanol–water partition coefficient (Wildman–Crippen LogP) is 0.674. The monoisotopic (exact) mass is 197 g/mol. The minimum Gasteiger partial charge on any atom is -0.463 e. The maximum absolute atomic E-state index is 5.48. The van der Waals surface area contributed by atoms with Gasteiger partial charge in [0.1, 0.15) is 0 Å².